The standard InChI is InChI=1S/C18H18N2O4/c1-4-6-14-10(2)15-11(3)19-20(16(15)24-18(14)23)13-8-5-7-12(9-13)17(21)22/h5,7-9H,4,6H2,1-3H3,(H,21,22). The molecule has 0 aliphatic heterocycles. The van der Waals surface area contributed by atoms with E-state index in [9.17, 15) is 9.59 Å². The van der Waals surface area contributed by atoms with Crippen molar-refractivity contribution in [1.29, 1.82) is 0 Å². The summed E-state index contributed by atoms with van der Waals surface area (Å²) in [5.41, 5.74) is 2.96. The van der Waals surface area contributed by atoms with Crippen molar-refractivity contribution < 1.29 is 14.3 Å². The van der Waals surface area contributed by atoms with Gasteiger partial charge in [-0.25, -0.2) is 9.59 Å². The highest BCUT2D eigenvalue weighted by molar-refractivity contribution is 5.88. The Morgan fingerprint density at radius 3 is 2.75 bits per heavy atom. The average Bonchev–Trinajstić information content (AvgIpc) is 2.88. The number of carboxylic acids is 1. The van der Waals surface area contributed by atoms with E-state index in [0.717, 1.165) is 23.1 Å². The molecule has 0 radical (unpaired) electrons. The van der Waals surface area contributed by atoms with Crippen LogP contribution in [0.4, 0.5) is 0 Å². The molecule has 1 N–H and O–H groups in total. The normalized spacial score (nSPS) is 11.1. The molecular formula is C18H18N2O4. The first kappa shape index (κ1) is 16.0. The fraction of sp³-hybridized carbons (Fsp3) is 0.278. The van der Waals surface area contributed by atoms with Crippen molar-refractivity contribution in [2.24, 2.45) is 0 Å². The lowest BCUT2D eigenvalue weighted by molar-refractivity contribution is 0.0697. The Morgan fingerprint density at radius 1 is 1.33 bits per heavy atom. The zero-order chi connectivity index (χ0) is 17.4. The Hall–Kier alpha value is -2.89. The van der Waals surface area contributed by atoms with E-state index in [2.05, 4.69) is 5.10 Å². The number of aromatic nitrogens is 2. The van der Waals surface area contributed by atoms with Crippen LogP contribution >= 0.6 is 0 Å². The Labute approximate surface area is 138 Å². The number of carbonyl (C=O) groups is 1. The van der Waals surface area contributed by atoms with Gasteiger partial charge in [-0.05, 0) is 44.0 Å². The van der Waals surface area contributed by atoms with E-state index in [1.807, 2.05) is 20.8 Å². The Morgan fingerprint density at radius 2 is 2.08 bits per heavy atom. The van der Waals surface area contributed by atoms with Crippen LogP contribution in [0.2, 0.25) is 0 Å². The number of benzene rings is 1. The fourth-order valence-corrected chi connectivity index (χ4v) is 2.97. The lowest BCUT2D eigenvalue weighted by Gasteiger charge is -2.06. The lowest BCUT2D eigenvalue weighted by atomic mass is 10.0. The molecule has 0 saturated carbocycles. The van der Waals surface area contributed by atoms with Crippen molar-refractivity contribution in [3.8, 4) is 5.69 Å². The second kappa shape index (κ2) is 5.96. The van der Waals surface area contributed by atoms with Crippen LogP contribution in [0.3, 0.4) is 0 Å². The summed E-state index contributed by atoms with van der Waals surface area (Å²) in [6, 6.07) is 6.38. The van der Waals surface area contributed by atoms with Gasteiger partial charge in [0.2, 0.25) is 5.71 Å². The van der Waals surface area contributed by atoms with Crippen molar-refractivity contribution in [3.63, 3.8) is 0 Å². The SMILES string of the molecule is CCCc1c(C)c2c(C)nn(-c3cccc(C(=O)O)c3)c2oc1=O. The van der Waals surface area contributed by atoms with Gasteiger partial charge in [-0.3, -0.25) is 0 Å². The van der Waals surface area contributed by atoms with Crippen LogP contribution in [-0.4, -0.2) is 20.9 Å². The zero-order valence-corrected chi connectivity index (χ0v) is 13.8. The summed E-state index contributed by atoms with van der Waals surface area (Å²) < 4.78 is 7.02. The van der Waals surface area contributed by atoms with Crippen LogP contribution in [0.25, 0.3) is 16.8 Å². The zero-order valence-electron chi connectivity index (χ0n) is 13.8. The smallest absolute Gasteiger partial charge is 0.341 e. The molecule has 0 amide bonds. The number of hydrogen-bond donors (Lipinski definition) is 1. The van der Waals surface area contributed by atoms with Gasteiger partial charge in [0.15, 0.2) is 0 Å². The minimum absolute atomic E-state index is 0.149. The molecule has 0 fully saturated rings. The van der Waals surface area contributed by atoms with Crippen molar-refractivity contribution in [2.45, 2.75) is 33.6 Å². The van der Waals surface area contributed by atoms with Crippen molar-refractivity contribution in [3.05, 3.63) is 57.1 Å². The molecule has 0 aliphatic rings. The third-order valence-electron chi connectivity index (χ3n) is 4.12. The third-order valence-corrected chi connectivity index (χ3v) is 4.12. The predicted molar refractivity (Wildman–Crippen MR) is 90.0 cm³/mol. The summed E-state index contributed by atoms with van der Waals surface area (Å²) in [7, 11) is 0. The molecule has 0 bridgehead atoms. The Kier molecular flexibility index (Phi) is 3.97. The number of carboxylic acid groups (broad SMARTS) is 1. The number of hydrogen-bond acceptors (Lipinski definition) is 4. The van der Waals surface area contributed by atoms with Crippen LogP contribution in [0, 0.1) is 13.8 Å². The number of fused-ring (bicyclic) bond motifs is 1. The predicted octanol–water partition coefficient (Wildman–Crippen LogP) is 3.25. The van der Waals surface area contributed by atoms with Gasteiger partial charge in [0, 0.05) is 5.56 Å². The second-order valence-corrected chi connectivity index (χ2v) is 5.78. The molecule has 2 heterocycles. The monoisotopic (exact) mass is 326 g/mol. The highest BCUT2D eigenvalue weighted by Gasteiger charge is 2.19. The van der Waals surface area contributed by atoms with Crippen LogP contribution in [-0.2, 0) is 6.42 Å². The van der Waals surface area contributed by atoms with Gasteiger partial charge in [0.1, 0.15) is 0 Å². The highest BCUT2D eigenvalue weighted by Crippen LogP contribution is 2.26. The van der Waals surface area contributed by atoms with Crippen molar-refractivity contribution in [1.82, 2.24) is 9.78 Å². The molecule has 0 unspecified atom stereocenters. The van der Waals surface area contributed by atoms with E-state index < -0.39 is 5.97 Å². The topological polar surface area (TPSA) is 85.3 Å². The first-order valence-corrected chi connectivity index (χ1v) is 7.79. The number of aromatic carboxylic acids is 1. The molecule has 0 atom stereocenters. The Bertz CT molecular complexity index is 998. The molecule has 0 spiro atoms. The summed E-state index contributed by atoms with van der Waals surface area (Å²) in [6.45, 7) is 5.76. The molecule has 1 aromatic carbocycles. The van der Waals surface area contributed by atoms with E-state index in [1.165, 1.54) is 16.8 Å². The molecule has 3 aromatic rings. The Balaban J connectivity index is 2.30. The third kappa shape index (κ3) is 2.50. The average molecular weight is 326 g/mol. The largest absolute Gasteiger partial charge is 0.478 e. The molecular weight excluding hydrogens is 308 g/mol. The molecule has 2 aromatic heterocycles. The van der Waals surface area contributed by atoms with Crippen LogP contribution < -0.4 is 5.63 Å². The highest BCUT2D eigenvalue weighted by atomic mass is 16.4. The van der Waals surface area contributed by atoms with Gasteiger partial charge in [0.25, 0.3) is 0 Å². The van der Waals surface area contributed by atoms with Gasteiger partial charge in [-0.15, -0.1) is 0 Å². The molecule has 24 heavy (non-hydrogen) atoms. The molecule has 124 valence electrons. The minimum Gasteiger partial charge on any atom is -0.478 e. The van der Waals surface area contributed by atoms with Crippen molar-refractivity contribution in [2.75, 3.05) is 0 Å². The number of nitrogens with zero attached hydrogens (tertiary/aromatic N) is 2. The summed E-state index contributed by atoms with van der Waals surface area (Å²) in [5, 5.41) is 14.4. The summed E-state index contributed by atoms with van der Waals surface area (Å²) in [4.78, 5) is 23.5. The molecule has 0 saturated heterocycles. The quantitative estimate of drug-likeness (QED) is 0.795. The lowest BCUT2D eigenvalue weighted by Crippen LogP contribution is -2.11. The van der Waals surface area contributed by atoms with E-state index in [1.54, 1.807) is 12.1 Å². The second-order valence-electron chi connectivity index (χ2n) is 5.78. The van der Waals surface area contributed by atoms with Gasteiger partial charge < -0.3 is 9.52 Å². The molecule has 6 heteroatoms. The summed E-state index contributed by atoms with van der Waals surface area (Å²) >= 11 is 0. The molecule has 3 rings (SSSR count). The summed E-state index contributed by atoms with van der Waals surface area (Å²) in [6.07, 6.45) is 1.51. The summed E-state index contributed by atoms with van der Waals surface area (Å²) in [5.74, 6) is -1.02. The maximum Gasteiger partial charge on any atom is 0.341 e. The van der Waals surface area contributed by atoms with E-state index in [-0.39, 0.29) is 11.2 Å². The van der Waals surface area contributed by atoms with E-state index in [0.29, 0.717) is 23.4 Å². The van der Waals surface area contributed by atoms with E-state index >= 15 is 0 Å². The molecule has 0 aliphatic carbocycles. The van der Waals surface area contributed by atoms with Gasteiger partial charge in [-0.1, -0.05) is 19.4 Å². The van der Waals surface area contributed by atoms with Gasteiger partial charge in [-0.2, -0.15) is 9.78 Å². The number of aryl methyl sites for hydroxylation is 2. The van der Waals surface area contributed by atoms with Crippen LogP contribution in [0.1, 0.15) is 40.5 Å². The first-order valence-electron chi connectivity index (χ1n) is 7.79. The van der Waals surface area contributed by atoms with E-state index in [4.69, 9.17) is 9.52 Å². The maximum absolute atomic E-state index is 12.3. The van der Waals surface area contributed by atoms with Crippen LogP contribution in [0.5, 0.6) is 0 Å². The first-order chi connectivity index (χ1) is 11.4. The van der Waals surface area contributed by atoms with Crippen LogP contribution in [0.15, 0.2) is 33.5 Å². The minimum atomic E-state index is -1.02. The fourth-order valence-electron chi connectivity index (χ4n) is 2.97. The van der Waals surface area contributed by atoms with Crippen molar-refractivity contribution >= 4 is 17.1 Å². The molecule has 6 nitrogen and oxygen atoms in total. The van der Waals surface area contributed by atoms with Gasteiger partial charge >= 0.3 is 11.6 Å². The number of rotatable bonds is 4. The maximum atomic E-state index is 12.3. The van der Waals surface area contributed by atoms with Gasteiger partial charge in [0.05, 0.1) is 22.3 Å².